The van der Waals surface area contributed by atoms with Crippen molar-refractivity contribution in [1.29, 1.82) is 0 Å². The second-order valence-electron chi connectivity index (χ2n) is 4.42. The van der Waals surface area contributed by atoms with E-state index in [4.69, 9.17) is 23.2 Å². The lowest BCUT2D eigenvalue weighted by Gasteiger charge is -2.14. The van der Waals surface area contributed by atoms with Crippen LogP contribution in [0, 0.1) is 0 Å². The fourth-order valence-corrected chi connectivity index (χ4v) is 2.71. The molecule has 19 heavy (non-hydrogen) atoms. The van der Waals surface area contributed by atoms with E-state index in [1.54, 1.807) is 13.0 Å². The number of carbonyl (C=O) groups is 1. The van der Waals surface area contributed by atoms with E-state index in [1.807, 2.05) is 0 Å². The van der Waals surface area contributed by atoms with Crippen molar-refractivity contribution in [2.45, 2.75) is 19.4 Å². The smallest absolute Gasteiger partial charge is 0.253 e. The molecule has 0 aromatic heterocycles. The largest absolute Gasteiger partial charge is 0.350 e. The van der Waals surface area contributed by atoms with E-state index < -0.39 is 9.84 Å². The van der Waals surface area contributed by atoms with Crippen molar-refractivity contribution >= 4 is 38.9 Å². The van der Waals surface area contributed by atoms with Crippen LogP contribution in [0.1, 0.15) is 23.7 Å². The summed E-state index contributed by atoms with van der Waals surface area (Å²) in [5.74, 6) is -0.314. The molecule has 0 saturated carbocycles. The van der Waals surface area contributed by atoms with Gasteiger partial charge in [0, 0.05) is 17.3 Å². The van der Waals surface area contributed by atoms with Gasteiger partial charge in [-0.15, -0.1) is 0 Å². The van der Waals surface area contributed by atoms with Crippen LogP contribution in [0.5, 0.6) is 0 Å². The van der Waals surface area contributed by atoms with Gasteiger partial charge >= 0.3 is 0 Å². The Morgan fingerprint density at radius 2 is 2.00 bits per heavy atom. The molecule has 106 valence electrons. The zero-order chi connectivity index (χ0) is 14.6. The number of carbonyl (C=O) groups excluding carboxylic acids is 1. The molecule has 4 nitrogen and oxygen atoms in total. The Morgan fingerprint density at radius 1 is 1.37 bits per heavy atom. The highest BCUT2D eigenvalue weighted by molar-refractivity contribution is 7.90. The van der Waals surface area contributed by atoms with Crippen molar-refractivity contribution in [3.8, 4) is 0 Å². The molecule has 0 radical (unpaired) electrons. The van der Waals surface area contributed by atoms with Crippen LogP contribution in [0.2, 0.25) is 10.0 Å². The summed E-state index contributed by atoms with van der Waals surface area (Å²) in [7, 11) is -3.03. The number of sulfone groups is 1. The van der Waals surface area contributed by atoms with E-state index >= 15 is 0 Å². The van der Waals surface area contributed by atoms with Crippen molar-refractivity contribution < 1.29 is 13.2 Å². The van der Waals surface area contributed by atoms with Crippen LogP contribution in [0.15, 0.2) is 18.2 Å². The molecule has 0 unspecified atom stereocenters. The number of hydrogen-bond donors (Lipinski definition) is 1. The first-order valence-corrected chi connectivity index (χ1v) is 8.44. The Labute approximate surface area is 123 Å². The highest BCUT2D eigenvalue weighted by atomic mass is 35.5. The van der Waals surface area contributed by atoms with E-state index in [0.29, 0.717) is 17.0 Å². The van der Waals surface area contributed by atoms with Crippen LogP contribution in [0.3, 0.4) is 0 Å². The molecule has 0 aliphatic rings. The molecule has 1 atom stereocenters. The third-order valence-corrected chi connectivity index (χ3v) is 4.00. The summed E-state index contributed by atoms with van der Waals surface area (Å²) in [4.78, 5) is 11.9. The van der Waals surface area contributed by atoms with Gasteiger partial charge in [0.05, 0.1) is 16.3 Å². The maximum atomic E-state index is 11.9. The van der Waals surface area contributed by atoms with Gasteiger partial charge in [0.15, 0.2) is 0 Å². The van der Waals surface area contributed by atoms with Crippen molar-refractivity contribution in [3.63, 3.8) is 0 Å². The first-order chi connectivity index (χ1) is 8.69. The van der Waals surface area contributed by atoms with Gasteiger partial charge in [0.1, 0.15) is 9.84 Å². The molecule has 0 saturated heterocycles. The van der Waals surface area contributed by atoms with Gasteiger partial charge in [-0.25, -0.2) is 8.42 Å². The molecule has 1 aromatic rings. The van der Waals surface area contributed by atoms with E-state index in [2.05, 4.69) is 5.32 Å². The predicted octanol–water partition coefficient (Wildman–Crippen LogP) is 2.55. The highest BCUT2D eigenvalue weighted by Gasteiger charge is 2.14. The zero-order valence-corrected chi connectivity index (χ0v) is 12.9. The maximum Gasteiger partial charge on any atom is 0.253 e. The van der Waals surface area contributed by atoms with Gasteiger partial charge in [0.2, 0.25) is 0 Å². The van der Waals surface area contributed by atoms with E-state index in [-0.39, 0.29) is 22.7 Å². The van der Waals surface area contributed by atoms with Crippen LogP contribution in [0.25, 0.3) is 0 Å². The molecule has 7 heteroatoms. The monoisotopic (exact) mass is 323 g/mol. The molecule has 0 aliphatic heterocycles. The highest BCUT2D eigenvalue weighted by Crippen LogP contribution is 2.20. The lowest BCUT2D eigenvalue weighted by atomic mass is 10.2. The second kappa shape index (κ2) is 6.59. The van der Waals surface area contributed by atoms with Crippen LogP contribution in [0.4, 0.5) is 0 Å². The Hall–Kier alpha value is -0.780. The first-order valence-electron chi connectivity index (χ1n) is 5.62. The van der Waals surface area contributed by atoms with Crippen LogP contribution in [-0.2, 0) is 9.84 Å². The summed E-state index contributed by atoms with van der Waals surface area (Å²) >= 11 is 11.7. The lowest BCUT2D eigenvalue weighted by molar-refractivity contribution is 0.0939. The van der Waals surface area contributed by atoms with Crippen LogP contribution >= 0.6 is 23.2 Å². The molecule has 1 aromatic carbocycles. The van der Waals surface area contributed by atoms with Crippen LogP contribution < -0.4 is 5.32 Å². The molecule has 0 bridgehead atoms. The van der Waals surface area contributed by atoms with Crippen molar-refractivity contribution in [3.05, 3.63) is 33.8 Å². The summed E-state index contributed by atoms with van der Waals surface area (Å²) in [6.45, 7) is 1.74. The van der Waals surface area contributed by atoms with Gasteiger partial charge in [-0.2, -0.15) is 0 Å². The Balaban J connectivity index is 2.64. The Kier molecular flexibility index (Phi) is 5.64. The van der Waals surface area contributed by atoms with Crippen LogP contribution in [-0.4, -0.2) is 32.4 Å². The van der Waals surface area contributed by atoms with Gasteiger partial charge in [-0.1, -0.05) is 23.2 Å². The Bertz CT molecular complexity index is 572. The summed E-state index contributed by atoms with van der Waals surface area (Å²) in [5, 5.41) is 3.41. The second-order valence-corrected chi connectivity index (χ2v) is 7.52. The Morgan fingerprint density at radius 3 is 2.53 bits per heavy atom. The standard InChI is InChI=1S/C12H15Cl2NO3S/c1-8(5-6-19(2,17)18)15-12(16)10-4-3-9(13)7-11(10)14/h3-4,7-8H,5-6H2,1-2H3,(H,15,16)/t8-/m1/s1. The fraction of sp³-hybridized carbons (Fsp3) is 0.417. The number of amides is 1. The minimum absolute atomic E-state index is 0.0306. The quantitative estimate of drug-likeness (QED) is 0.905. The summed E-state index contributed by atoms with van der Waals surface area (Å²) in [6, 6.07) is 4.33. The zero-order valence-electron chi connectivity index (χ0n) is 10.6. The van der Waals surface area contributed by atoms with Crippen molar-refractivity contribution in [1.82, 2.24) is 5.32 Å². The minimum atomic E-state index is -3.03. The topological polar surface area (TPSA) is 63.2 Å². The van der Waals surface area contributed by atoms with Crippen molar-refractivity contribution in [2.24, 2.45) is 0 Å². The molecule has 1 amide bonds. The van der Waals surface area contributed by atoms with Gasteiger partial charge in [-0.05, 0) is 31.5 Å². The minimum Gasteiger partial charge on any atom is -0.350 e. The van der Waals surface area contributed by atoms with E-state index in [1.165, 1.54) is 12.1 Å². The molecule has 0 heterocycles. The van der Waals surface area contributed by atoms with Gasteiger partial charge < -0.3 is 5.32 Å². The third kappa shape index (κ3) is 5.80. The van der Waals surface area contributed by atoms with Gasteiger partial charge in [-0.3, -0.25) is 4.79 Å². The first kappa shape index (κ1) is 16.3. The average Bonchev–Trinajstić information content (AvgIpc) is 2.25. The molecule has 0 aliphatic carbocycles. The van der Waals surface area contributed by atoms with E-state index in [0.717, 1.165) is 6.26 Å². The SMILES string of the molecule is C[C@H](CCS(C)(=O)=O)NC(=O)c1ccc(Cl)cc1Cl. The average molecular weight is 324 g/mol. The van der Waals surface area contributed by atoms with E-state index in [9.17, 15) is 13.2 Å². The molecule has 1 N–H and O–H groups in total. The molecular weight excluding hydrogens is 309 g/mol. The number of hydrogen-bond acceptors (Lipinski definition) is 3. The summed E-state index contributed by atoms with van der Waals surface area (Å²) < 4.78 is 22.1. The maximum absolute atomic E-state index is 11.9. The number of nitrogens with one attached hydrogen (secondary N) is 1. The molecule has 0 fully saturated rings. The molecule has 1 rings (SSSR count). The summed E-state index contributed by atoms with van der Waals surface area (Å²) in [6.07, 6.45) is 1.52. The molecule has 0 spiro atoms. The lowest BCUT2D eigenvalue weighted by Crippen LogP contribution is -2.34. The predicted molar refractivity (Wildman–Crippen MR) is 77.7 cm³/mol. The van der Waals surface area contributed by atoms with Gasteiger partial charge in [0.25, 0.3) is 5.91 Å². The summed E-state index contributed by atoms with van der Waals surface area (Å²) in [5.41, 5.74) is 0.317. The normalized spacial score (nSPS) is 13.1. The number of benzene rings is 1. The number of rotatable bonds is 5. The fourth-order valence-electron chi connectivity index (χ4n) is 1.44. The molecular formula is C12H15Cl2NO3S. The van der Waals surface area contributed by atoms with Crippen molar-refractivity contribution in [2.75, 3.05) is 12.0 Å². The number of halogens is 2. The third-order valence-electron chi connectivity index (χ3n) is 2.47.